The summed E-state index contributed by atoms with van der Waals surface area (Å²) in [4.78, 5) is 2.15. The molecule has 0 saturated carbocycles. The van der Waals surface area contributed by atoms with Gasteiger partial charge in [-0.15, -0.1) is 0 Å². The van der Waals surface area contributed by atoms with Gasteiger partial charge in [0.05, 0.1) is 10.7 Å². The third kappa shape index (κ3) is 3.88. The highest BCUT2D eigenvalue weighted by Crippen LogP contribution is 2.30. The molecule has 5 nitrogen and oxygen atoms in total. The Bertz CT molecular complexity index is 576. The van der Waals surface area contributed by atoms with Gasteiger partial charge in [-0.1, -0.05) is 23.7 Å². The van der Waals surface area contributed by atoms with Crippen LogP contribution in [0.5, 0.6) is 0 Å². The molecule has 1 aromatic carbocycles. The lowest BCUT2D eigenvalue weighted by atomic mass is 10.1. The molecule has 0 atom stereocenters. The van der Waals surface area contributed by atoms with Crippen LogP contribution in [0.1, 0.15) is 19.4 Å². The standard InChI is InChI=1S/C14H22ClN3O2S/c1-11(2)16-21(19,20)18-9-7-17(8-10-18)14-12(3)5-4-6-13(14)15/h4-6,11,16H,7-10H2,1-3H3. The normalized spacial score (nSPS) is 17.5. The van der Waals surface area contributed by atoms with Gasteiger partial charge in [-0.2, -0.15) is 17.4 Å². The van der Waals surface area contributed by atoms with Crippen molar-refractivity contribution in [2.24, 2.45) is 0 Å². The molecular weight excluding hydrogens is 310 g/mol. The summed E-state index contributed by atoms with van der Waals surface area (Å²) >= 11 is 6.27. The van der Waals surface area contributed by atoms with Crippen LogP contribution in [-0.4, -0.2) is 44.9 Å². The highest BCUT2D eigenvalue weighted by atomic mass is 35.5. The largest absolute Gasteiger partial charge is 0.367 e. The number of anilines is 1. The van der Waals surface area contributed by atoms with E-state index in [0.29, 0.717) is 31.2 Å². The third-order valence-corrected chi connectivity index (χ3v) is 5.59. The van der Waals surface area contributed by atoms with Crippen molar-refractivity contribution in [3.63, 3.8) is 0 Å². The summed E-state index contributed by atoms with van der Waals surface area (Å²) in [7, 11) is -3.38. The quantitative estimate of drug-likeness (QED) is 0.918. The average molecular weight is 332 g/mol. The van der Waals surface area contributed by atoms with Crippen LogP contribution in [0.25, 0.3) is 0 Å². The van der Waals surface area contributed by atoms with E-state index in [2.05, 4.69) is 9.62 Å². The first-order valence-electron chi connectivity index (χ1n) is 7.08. The predicted molar refractivity (Wildman–Crippen MR) is 87.2 cm³/mol. The van der Waals surface area contributed by atoms with E-state index in [4.69, 9.17) is 11.6 Å². The molecule has 0 spiro atoms. The number of rotatable bonds is 4. The summed E-state index contributed by atoms with van der Waals surface area (Å²) in [6, 6.07) is 5.71. The number of halogens is 1. The summed E-state index contributed by atoms with van der Waals surface area (Å²) in [6.45, 7) is 7.87. The smallest absolute Gasteiger partial charge is 0.279 e. The summed E-state index contributed by atoms with van der Waals surface area (Å²) in [5, 5.41) is 0.714. The fraction of sp³-hybridized carbons (Fsp3) is 0.571. The van der Waals surface area contributed by atoms with Crippen LogP contribution < -0.4 is 9.62 Å². The molecule has 0 bridgehead atoms. The minimum Gasteiger partial charge on any atom is -0.367 e. The summed E-state index contributed by atoms with van der Waals surface area (Å²) in [5.41, 5.74) is 2.12. The van der Waals surface area contributed by atoms with Gasteiger partial charge in [0, 0.05) is 32.2 Å². The van der Waals surface area contributed by atoms with Gasteiger partial charge in [-0.3, -0.25) is 0 Å². The molecular formula is C14H22ClN3O2S. The lowest BCUT2D eigenvalue weighted by Crippen LogP contribution is -2.53. The maximum absolute atomic E-state index is 12.1. The Balaban J connectivity index is 2.07. The van der Waals surface area contributed by atoms with E-state index in [1.165, 1.54) is 4.31 Å². The first kappa shape index (κ1) is 16.5. The molecule has 0 aliphatic carbocycles. The predicted octanol–water partition coefficient (Wildman–Crippen LogP) is 2.01. The second-order valence-electron chi connectivity index (χ2n) is 5.57. The Morgan fingerprint density at radius 2 is 1.81 bits per heavy atom. The molecule has 1 aliphatic rings. The Hall–Kier alpha value is -0.820. The van der Waals surface area contributed by atoms with E-state index < -0.39 is 10.2 Å². The highest BCUT2D eigenvalue weighted by Gasteiger charge is 2.28. The second-order valence-corrected chi connectivity index (χ2v) is 7.68. The number of nitrogens with zero attached hydrogens (tertiary/aromatic N) is 2. The number of hydrogen-bond acceptors (Lipinski definition) is 3. The zero-order valence-corrected chi connectivity index (χ0v) is 14.2. The summed E-state index contributed by atoms with van der Waals surface area (Å²) in [6.07, 6.45) is 0. The zero-order valence-electron chi connectivity index (χ0n) is 12.6. The van der Waals surface area contributed by atoms with Crippen molar-refractivity contribution >= 4 is 27.5 Å². The Morgan fingerprint density at radius 3 is 2.33 bits per heavy atom. The molecule has 0 aromatic heterocycles. The van der Waals surface area contributed by atoms with Gasteiger partial charge >= 0.3 is 0 Å². The number of para-hydroxylation sites is 1. The summed E-state index contributed by atoms with van der Waals surface area (Å²) < 4.78 is 28.4. The maximum Gasteiger partial charge on any atom is 0.279 e. The van der Waals surface area contributed by atoms with Crippen LogP contribution >= 0.6 is 11.6 Å². The van der Waals surface area contributed by atoms with Gasteiger partial charge in [0.2, 0.25) is 0 Å². The van der Waals surface area contributed by atoms with E-state index >= 15 is 0 Å². The minimum absolute atomic E-state index is 0.0983. The maximum atomic E-state index is 12.1. The number of piperazine rings is 1. The number of benzene rings is 1. The third-order valence-electron chi connectivity index (χ3n) is 3.47. The first-order chi connectivity index (χ1) is 9.81. The lowest BCUT2D eigenvalue weighted by molar-refractivity contribution is 0.375. The molecule has 0 amide bonds. The van der Waals surface area contributed by atoms with Gasteiger partial charge in [0.25, 0.3) is 10.2 Å². The molecule has 0 unspecified atom stereocenters. The highest BCUT2D eigenvalue weighted by molar-refractivity contribution is 7.87. The van der Waals surface area contributed by atoms with Gasteiger partial charge < -0.3 is 4.90 Å². The van der Waals surface area contributed by atoms with Crippen molar-refractivity contribution in [1.29, 1.82) is 0 Å². The van der Waals surface area contributed by atoms with E-state index in [0.717, 1.165) is 11.3 Å². The fourth-order valence-corrected chi connectivity index (χ4v) is 4.28. The van der Waals surface area contributed by atoms with Crippen LogP contribution in [0.15, 0.2) is 18.2 Å². The van der Waals surface area contributed by atoms with Crippen molar-refractivity contribution in [2.75, 3.05) is 31.1 Å². The van der Waals surface area contributed by atoms with Crippen LogP contribution in [0.4, 0.5) is 5.69 Å². The van der Waals surface area contributed by atoms with Crippen LogP contribution in [0.2, 0.25) is 5.02 Å². The molecule has 1 N–H and O–H groups in total. The molecule has 21 heavy (non-hydrogen) atoms. The minimum atomic E-state index is -3.38. The SMILES string of the molecule is Cc1cccc(Cl)c1N1CCN(S(=O)(=O)NC(C)C)CC1. The Labute approximate surface area is 132 Å². The van der Waals surface area contributed by atoms with Crippen molar-refractivity contribution in [1.82, 2.24) is 9.03 Å². The molecule has 118 valence electrons. The van der Waals surface area contributed by atoms with Crippen LogP contribution in [-0.2, 0) is 10.2 Å². The van der Waals surface area contributed by atoms with Crippen LogP contribution in [0, 0.1) is 6.92 Å². The van der Waals surface area contributed by atoms with Gasteiger partial charge in [-0.05, 0) is 32.4 Å². The second kappa shape index (κ2) is 6.52. The van der Waals surface area contributed by atoms with E-state index in [9.17, 15) is 8.42 Å². The van der Waals surface area contributed by atoms with Crippen molar-refractivity contribution in [3.05, 3.63) is 28.8 Å². The molecule has 1 heterocycles. The van der Waals surface area contributed by atoms with E-state index in [1.807, 2.05) is 39.0 Å². The first-order valence-corrected chi connectivity index (χ1v) is 8.90. The molecule has 2 rings (SSSR count). The van der Waals surface area contributed by atoms with E-state index in [1.54, 1.807) is 0 Å². The lowest BCUT2D eigenvalue weighted by Gasteiger charge is -2.36. The molecule has 1 aromatic rings. The Morgan fingerprint density at radius 1 is 1.19 bits per heavy atom. The topological polar surface area (TPSA) is 52.7 Å². The van der Waals surface area contributed by atoms with E-state index in [-0.39, 0.29) is 6.04 Å². The van der Waals surface area contributed by atoms with Crippen molar-refractivity contribution in [3.8, 4) is 0 Å². The van der Waals surface area contributed by atoms with Crippen LogP contribution in [0.3, 0.4) is 0 Å². The Kier molecular flexibility index (Phi) is 5.14. The summed E-state index contributed by atoms with van der Waals surface area (Å²) in [5.74, 6) is 0. The van der Waals surface area contributed by atoms with Gasteiger partial charge in [0.15, 0.2) is 0 Å². The molecule has 0 radical (unpaired) electrons. The monoisotopic (exact) mass is 331 g/mol. The average Bonchev–Trinajstić information content (AvgIpc) is 2.37. The zero-order chi connectivity index (χ0) is 15.6. The van der Waals surface area contributed by atoms with Gasteiger partial charge in [-0.25, -0.2) is 0 Å². The number of nitrogens with one attached hydrogen (secondary N) is 1. The fourth-order valence-electron chi connectivity index (χ4n) is 2.55. The number of aryl methyl sites for hydroxylation is 1. The van der Waals surface area contributed by atoms with Crippen molar-refractivity contribution in [2.45, 2.75) is 26.8 Å². The molecule has 7 heteroatoms. The van der Waals surface area contributed by atoms with Crippen molar-refractivity contribution < 1.29 is 8.42 Å². The molecule has 1 aliphatic heterocycles. The molecule has 1 fully saturated rings. The molecule has 1 saturated heterocycles. The van der Waals surface area contributed by atoms with Gasteiger partial charge in [0.1, 0.15) is 0 Å². The number of hydrogen-bond donors (Lipinski definition) is 1.